The molecule has 0 N–H and O–H groups in total. The minimum absolute atomic E-state index is 0.330. The second-order valence-electron chi connectivity index (χ2n) is 4.62. The molecule has 17 heavy (non-hydrogen) atoms. The van der Waals surface area contributed by atoms with Crippen LogP contribution in [0.4, 0.5) is 0 Å². The first-order valence-electron chi connectivity index (χ1n) is 5.80. The summed E-state index contributed by atoms with van der Waals surface area (Å²) < 4.78 is 5.66. The lowest BCUT2D eigenvalue weighted by atomic mass is 9.94. The Morgan fingerprint density at radius 2 is 2.59 bits per heavy atom. The number of halogens is 1. The largest absolute Gasteiger partial charge is 0.388 e. The van der Waals surface area contributed by atoms with Crippen LogP contribution in [0.1, 0.15) is 12.2 Å². The van der Waals surface area contributed by atoms with Crippen molar-refractivity contribution in [3.63, 3.8) is 0 Å². The zero-order chi connectivity index (χ0) is 11.7. The first-order chi connectivity index (χ1) is 8.31. The molecule has 3 atom stereocenters. The second kappa shape index (κ2) is 4.78. The lowest BCUT2D eigenvalue weighted by Gasteiger charge is -2.17. The molecule has 3 unspecified atom stereocenters. The normalized spacial score (nSPS) is 31.5. The van der Waals surface area contributed by atoms with Crippen LogP contribution in [-0.2, 0) is 11.4 Å². The fraction of sp³-hybridized carbons (Fsp3) is 0.636. The first-order valence-corrected chi connectivity index (χ1v) is 6.59. The Bertz CT molecular complexity index is 421. The van der Waals surface area contributed by atoms with Crippen LogP contribution in [0.2, 0.25) is 0 Å². The van der Waals surface area contributed by atoms with Gasteiger partial charge in [-0.25, -0.2) is 0 Å². The van der Waals surface area contributed by atoms with Gasteiger partial charge in [-0.1, -0.05) is 10.3 Å². The van der Waals surface area contributed by atoms with Gasteiger partial charge in [-0.15, -0.1) is 0 Å². The van der Waals surface area contributed by atoms with Gasteiger partial charge in [0, 0.05) is 31.3 Å². The molecule has 5 nitrogen and oxygen atoms in total. The number of rotatable bonds is 4. The topological polar surface area (TPSA) is 50.9 Å². The molecule has 1 aromatic rings. The van der Waals surface area contributed by atoms with Gasteiger partial charge in [-0.2, -0.15) is 0 Å². The van der Waals surface area contributed by atoms with E-state index < -0.39 is 0 Å². The number of fused-ring (bicyclic) bond motifs is 2. The maximum Gasteiger partial charge on any atom is 0.178 e. The smallest absolute Gasteiger partial charge is 0.178 e. The third-order valence-corrected chi connectivity index (χ3v) is 3.82. The van der Waals surface area contributed by atoms with Crippen molar-refractivity contribution in [2.45, 2.75) is 13.0 Å². The molecule has 2 saturated heterocycles. The molecule has 6 heteroatoms. The lowest BCUT2D eigenvalue weighted by Crippen LogP contribution is -2.24. The predicted octanol–water partition coefficient (Wildman–Crippen LogP) is 1.89. The Labute approximate surface area is 108 Å². The van der Waals surface area contributed by atoms with Crippen LogP contribution in [0, 0.1) is 11.8 Å². The van der Waals surface area contributed by atoms with Gasteiger partial charge in [0.1, 0.15) is 4.60 Å². The van der Waals surface area contributed by atoms with Crippen molar-refractivity contribution < 1.29 is 9.36 Å². The Hall–Kier alpha value is -0.880. The zero-order valence-electron chi connectivity index (χ0n) is 9.38. The highest BCUT2D eigenvalue weighted by Crippen LogP contribution is 2.31. The fourth-order valence-electron chi connectivity index (χ4n) is 2.57. The van der Waals surface area contributed by atoms with E-state index in [2.05, 4.69) is 31.1 Å². The molecule has 1 aromatic heterocycles. The van der Waals surface area contributed by atoms with Crippen LogP contribution in [0.25, 0.3) is 0 Å². The zero-order valence-corrected chi connectivity index (χ0v) is 11.0. The van der Waals surface area contributed by atoms with Crippen LogP contribution in [0.3, 0.4) is 0 Å². The summed E-state index contributed by atoms with van der Waals surface area (Å²) in [5.74, 6) is 2.01. The number of nitrogens with zero attached hydrogens (tertiary/aromatic N) is 3. The SMILES string of the molecule is Brc1cc(CO/N=C/C2CN3CCC2C3)on1. The summed E-state index contributed by atoms with van der Waals surface area (Å²) in [6.45, 7) is 3.94. The van der Waals surface area contributed by atoms with Crippen molar-refractivity contribution in [2.24, 2.45) is 17.0 Å². The molecule has 3 heterocycles. The molecule has 0 aliphatic carbocycles. The van der Waals surface area contributed by atoms with Gasteiger partial charge in [0.2, 0.25) is 0 Å². The summed E-state index contributed by atoms with van der Waals surface area (Å²) in [6, 6.07) is 1.78. The van der Waals surface area contributed by atoms with Crippen LogP contribution in [0.5, 0.6) is 0 Å². The van der Waals surface area contributed by atoms with Gasteiger partial charge in [0.25, 0.3) is 0 Å². The monoisotopic (exact) mass is 299 g/mol. The summed E-state index contributed by atoms with van der Waals surface area (Å²) in [6.07, 6.45) is 3.24. The molecule has 2 aliphatic rings. The average molecular weight is 300 g/mol. The molecule has 0 radical (unpaired) electrons. The van der Waals surface area contributed by atoms with Crippen molar-refractivity contribution in [3.05, 3.63) is 16.4 Å². The Balaban J connectivity index is 1.45. The highest BCUT2D eigenvalue weighted by atomic mass is 79.9. The Morgan fingerprint density at radius 1 is 1.65 bits per heavy atom. The minimum Gasteiger partial charge on any atom is -0.388 e. The van der Waals surface area contributed by atoms with E-state index in [4.69, 9.17) is 9.36 Å². The van der Waals surface area contributed by atoms with Crippen molar-refractivity contribution in [1.82, 2.24) is 10.1 Å². The van der Waals surface area contributed by atoms with Crippen molar-refractivity contribution in [2.75, 3.05) is 19.6 Å². The number of oxime groups is 1. The van der Waals surface area contributed by atoms with Gasteiger partial charge in [0.15, 0.2) is 12.4 Å². The molecule has 2 fully saturated rings. The molecule has 0 saturated carbocycles. The third kappa shape index (κ3) is 2.52. The average Bonchev–Trinajstić information content (AvgIpc) is 3.00. The van der Waals surface area contributed by atoms with Crippen molar-refractivity contribution in [3.8, 4) is 0 Å². The number of hydrogen-bond donors (Lipinski definition) is 0. The summed E-state index contributed by atoms with van der Waals surface area (Å²) in [5.41, 5.74) is 0. The Kier molecular flexibility index (Phi) is 3.15. The minimum atomic E-state index is 0.330. The Morgan fingerprint density at radius 3 is 3.24 bits per heavy atom. The third-order valence-electron chi connectivity index (χ3n) is 3.45. The summed E-state index contributed by atoms with van der Waals surface area (Å²) in [5, 5.41) is 7.73. The van der Waals surface area contributed by atoms with Crippen LogP contribution in [0.15, 0.2) is 20.3 Å². The number of aromatic nitrogens is 1. The lowest BCUT2D eigenvalue weighted by molar-refractivity contribution is 0.108. The van der Waals surface area contributed by atoms with Gasteiger partial charge < -0.3 is 14.3 Å². The highest BCUT2D eigenvalue weighted by Gasteiger charge is 2.36. The van der Waals surface area contributed by atoms with Gasteiger partial charge in [0.05, 0.1) is 0 Å². The van der Waals surface area contributed by atoms with E-state index in [0.29, 0.717) is 22.9 Å². The van der Waals surface area contributed by atoms with Crippen LogP contribution < -0.4 is 0 Å². The highest BCUT2D eigenvalue weighted by molar-refractivity contribution is 9.10. The molecule has 2 aliphatic heterocycles. The quantitative estimate of drug-likeness (QED) is 0.629. The molecule has 2 bridgehead atoms. The standard InChI is InChI=1S/C11H14BrN3O2/c12-11-3-10(17-14-11)7-16-13-4-9-6-15-2-1-8(9)5-15/h3-4,8-9H,1-2,5-7H2/b13-4+. The molecular formula is C11H14BrN3O2. The molecular weight excluding hydrogens is 286 g/mol. The number of hydrogen-bond acceptors (Lipinski definition) is 5. The summed E-state index contributed by atoms with van der Waals surface area (Å²) >= 11 is 3.21. The maximum absolute atomic E-state index is 5.20. The fourth-order valence-corrected chi connectivity index (χ4v) is 2.90. The van der Waals surface area contributed by atoms with E-state index in [-0.39, 0.29) is 0 Å². The van der Waals surface area contributed by atoms with Crippen LogP contribution in [-0.4, -0.2) is 35.9 Å². The van der Waals surface area contributed by atoms with E-state index >= 15 is 0 Å². The van der Waals surface area contributed by atoms with E-state index in [0.717, 1.165) is 12.5 Å². The van der Waals surface area contributed by atoms with Gasteiger partial charge in [-0.3, -0.25) is 0 Å². The first kappa shape index (κ1) is 11.2. The predicted molar refractivity (Wildman–Crippen MR) is 65.5 cm³/mol. The van der Waals surface area contributed by atoms with E-state index in [9.17, 15) is 0 Å². The van der Waals surface area contributed by atoms with Crippen molar-refractivity contribution >= 4 is 22.1 Å². The summed E-state index contributed by atoms with van der Waals surface area (Å²) in [4.78, 5) is 7.68. The molecule has 0 spiro atoms. The van der Waals surface area contributed by atoms with Gasteiger partial charge in [-0.05, 0) is 34.8 Å². The van der Waals surface area contributed by atoms with E-state index in [1.165, 1.54) is 19.5 Å². The molecule has 0 amide bonds. The van der Waals surface area contributed by atoms with E-state index in [1.807, 2.05) is 6.21 Å². The molecule has 92 valence electrons. The number of piperidine rings is 1. The van der Waals surface area contributed by atoms with Crippen molar-refractivity contribution in [1.29, 1.82) is 0 Å². The maximum atomic E-state index is 5.20. The van der Waals surface area contributed by atoms with Crippen LogP contribution >= 0.6 is 15.9 Å². The molecule has 3 rings (SSSR count). The molecule has 0 aromatic carbocycles. The van der Waals surface area contributed by atoms with E-state index in [1.54, 1.807) is 6.07 Å². The summed E-state index contributed by atoms with van der Waals surface area (Å²) in [7, 11) is 0. The second-order valence-corrected chi connectivity index (χ2v) is 5.43. The van der Waals surface area contributed by atoms with Gasteiger partial charge >= 0.3 is 0 Å².